The van der Waals surface area contributed by atoms with Gasteiger partial charge < -0.3 is 14.9 Å². The predicted octanol–water partition coefficient (Wildman–Crippen LogP) is 5.37. The fourth-order valence-corrected chi connectivity index (χ4v) is 5.09. The minimum absolute atomic E-state index is 0.0261. The van der Waals surface area contributed by atoms with Crippen LogP contribution in [-0.2, 0) is 28.9 Å². The highest BCUT2D eigenvalue weighted by molar-refractivity contribution is 7.12. The molecule has 1 aliphatic rings. The number of carboxylic acid groups (broad SMARTS) is 2. The first kappa shape index (κ1) is 24.7. The molecule has 0 bridgehead atoms. The van der Waals surface area contributed by atoms with Crippen molar-refractivity contribution in [2.45, 2.75) is 31.8 Å². The smallest absolute Gasteiger partial charge is 0.426 e. The first-order valence-electron chi connectivity index (χ1n) is 10.7. The summed E-state index contributed by atoms with van der Waals surface area (Å²) in [4.78, 5) is 24.3. The number of rotatable bonds is 9. The first-order valence-corrected chi connectivity index (χ1v) is 11.5. The van der Waals surface area contributed by atoms with Gasteiger partial charge in [-0.3, -0.25) is 14.5 Å². The van der Waals surface area contributed by atoms with Gasteiger partial charge in [-0.1, -0.05) is 42.5 Å². The zero-order chi connectivity index (χ0) is 25.4. The van der Waals surface area contributed by atoms with Crippen LogP contribution in [0.1, 0.15) is 21.7 Å². The van der Waals surface area contributed by atoms with Crippen LogP contribution in [-0.4, -0.2) is 40.1 Å². The molecule has 1 heterocycles. The number of ether oxygens (including phenoxy) is 1. The lowest BCUT2D eigenvalue weighted by molar-refractivity contribution is -0.158. The summed E-state index contributed by atoms with van der Waals surface area (Å²) in [6.45, 7) is 0.315. The van der Waals surface area contributed by atoms with Crippen molar-refractivity contribution < 1.29 is 37.7 Å². The summed E-state index contributed by atoms with van der Waals surface area (Å²) in [5.41, 5.74) is -0.342. The van der Waals surface area contributed by atoms with Crippen LogP contribution in [0, 0.1) is 5.41 Å². The van der Waals surface area contributed by atoms with Gasteiger partial charge in [-0.05, 0) is 42.8 Å². The van der Waals surface area contributed by atoms with Gasteiger partial charge >= 0.3 is 18.1 Å². The molecule has 184 valence electrons. The van der Waals surface area contributed by atoms with Gasteiger partial charge in [0.15, 0.2) is 5.41 Å². The Balaban J connectivity index is 1.40. The van der Waals surface area contributed by atoms with E-state index >= 15 is 0 Å². The van der Waals surface area contributed by atoms with Crippen LogP contribution >= 0.6 is 11.3 Å². The van der Waals surface area contributed by atoms with Gasteiger partial charge in [-0.2, -0.15) is 13.2 Å². The SMILES string of the molecule is CN(Cc1ccc(OCc2cc(-c3ccccc3)c(C(F)(F)F)s2)cc1)C1CC1(C(=O)O)C(=O)O. The number of nitrogens with zero attached hydrogens (tertiary/aromatic N) is 1. The molecule has 0 spiro atoms. The van der Waals surface area contributed by atoms with E-state index in [1.165, 1.54) is 6.07 Å². The van der Waals surface area contributed by atoms with Crippen LogP contribution in [0.25, 0.3) is 11.1 Å². The third-order valence-electron chi connectivity index (χ3n) is 6.08. The number of benzene rings is 2. The Morgan fingerprint density at radius 3 is 2.26 bits per heavy atom. The minimum Gasteiger partial charge on any atom is -0.488 e. The fraction of sp³-hybridized carbons (Fsp3) is 0.280. The highest BCUT2D eigenvalue weighted by Gasteiger charge is 2.68. The molecule has 1 unspecified atom stereocenters. The van der Waals surface area contributed by atoms with Crippen LogP contribution in [0.15, 0.2) is 60.7 Å². The molecule has 0 aliphatic heterocycles. The van der Waals surface area contributed by atoms with Gasteiger partial charge in [-0.25, -0.2) is 0 Å². The summed E-state index contributed by atoms with van der Waals surface area (Å²) < 4.78 is 46.4. The van der Waals surface area contributed by atoms with Crippen molar-refractivity contribution in [3.63, 3.8) is 0 Å². The number of carboxylic acids is 2. The second kappa shape index (κ2) is 9.35. The average Bonchev–Trinajstić information content (AvgIpc) is 3.45. The lowest BCUT2D eigenvalue weighted by Gasteiger charge is -2.19. The third-order valence-corrected chi connectivity index (χ3v) is 7.23. The first-order chi connectivity index (χ1) is 16.5. The van der Waals surface area contributed by atoms with Crippen LogP contribution in [0.5, 0.6) is 5.75 Å². The molecule has 0 amide bonds. The Kier molecular flexibility index (Phi) is 6.61. The van der Waals surface area contributed by atoms with Gasteiger partial charge in [0.1, 0.15) is 17.2 Å². The number of aliphatic carboxylic acids is 2. The molecule has 35 heavy (non-hydrogen) atoms. The molecule has 0 radical (unpaired) electrons. The van der Waals surface area contributed by atoms with Gasteiger partial charge in [0.05, 0.1) is 0 Å². The Morgan fingerprint density at radius 1 is 1.09 bits per heavy atom. The number of halogens is 3. The molecule has 2 N–H and O–H groups in total. The summed E-state index contributed by atoms with van der Waals surface area (Å²) in [6.07, 6.45) is -4.43. The largest absolute Gasteiger partial charge is 0.488 e. The Bertz CT molecular complexity index is 1210. The lowest BCUT2D eigenvalue weighted by atomic mass is 10.1. The zero-order valence-corrected chi connectivity index (χ0v) is 19.4. The summed E-state index contributed by atoms with van der Waals surface area (Å²) >= 11 is 0.654. The van der Waals surface area contributed by atoms with Crippen LogP contribution in [0.3, 0.4) is 0 Å². The highest BCUT2D eigenvalue weighted by Crippen LogP contribution is 2.50. The maximum atomic E-state index is 13.6. The number of thiophene rings is 1. The molecule has 1 aromatic heterocycles. The zero-order valence-electron chi connectivity index (χ0n) is 18.6. The standard InChI is InChI=1S/C25H22F3NO5S/c1-29(20-12-24(20,22(30)31)23(32)33)13-15-7-9-17(10-8-15)34-14-18-11-19(16-5-3-2-4-6-16)21(35-18)25(26,27)28/h2-11,20H,12-14H2,1H3,(H,30,31)(H,32,33). The van der Waals surface area contributed by atoms with E-state index < -0.39 is 34.4 Å². The molecule has 1 fully saturated rings. The summed E-state index contributed by atoms with van der Waals surface area (Å²) in [6, 6.07) is 16.1. The topological polar surface area (TPSA) is 87.1 Å². The van der Waals surface area contributed by atoms with Crippen molar-refractivity contribution in [3.05, 3.63) is 76.0 Å². The van der Waals surface area contributed by atoms with E-state index in [0.29, 0.717) is 34.1 Å². The van der Waals surface area contributed by atoms with Gasteiger partial charge in [0.25, 0.3) is 0 Å². The monoisotopic (exact) mass is 505 g/mol. The van der Waals surface area contributed by atoms with Crippen molar-refractivity contribution >= 4 is 23.3 Å². The normalized spacial score (nSPS) is 16.8. The van der Waals surface area contributed by atoms with E-state index in [1.54, 1.807) is 66.5 Å². The second-order valence-electron chi connectivity index (χ2n) is 8.47. The molecule has 6 nitrogen and oxygen atoms in total. The van der Waals surface area contributed by atoms with Gasteiger partial charge in [0, 0.05) is 23.0 Å². The number of hydrogen-bond donors (Lipinski definition) is 2. The van der Waals surface area contributed by atoms with E-state index in [2.05, 4.69) is 0 Å². The van der Waals surface area contributed by atoms with Crippen LogP contribution < -0.4 is 4.74 Å². The Hall–Kier alpha value is -3.37. The molecule has 1 atom stereocenters. The maximum absolute atomic E-state index is 13.6. The van der Waals surface area contributed by atoms with Crippen molar-refractivity contribution in [1.82, 2.24) is 4.90 Å². The van der Waals surface area contributed by atoms with Crippen molar-refractivity contribution in [3.8, 4) is 16.9 Å². The van der Waals surface area contributed by atoms with E-state index in [9.17, 15) is 33.0 Å². The van der Waals surface area contributed by atoms with Gasteiger partial charge in [0.2, 0.25) is 0 Å². The predicted molar refractivity (Wildman–Crippen MR) is 123 cm³/mol. The van der Waals surface area contributed by atoms with Crippen molar-refractivity contribution in [2.24, 2.45) is 5.41 Å². The quantitative estimate of drug-likeness (QED) is 0.380. The molecular formula is C25H22F3NO5S. The highest BCUT2D eigenvalue weighted by atomic mass is 32.1. The molecule has 1 saturated carbocycles. The maximum Gasteiger partial charge on any atom is 0.426 e. The summed E-state index contributed by atoms with van der Waals surface area (Å²) in [5, 5.41) is 18.6. The van der Waals surface area contributed by atoms with E-state index in [-0.39, 0.29) is 18.6 Å². The summed E-state index contributed by atoms with van der Waals surface area (Å²) in [7, 11) is 1.67. The molecule has 1 aliphatic carbocycles. The lowest BCUT2D eigenvalue weighted by Crippen LogP contribution is -2.35. The number of hydrogen-bond acceptors (Lipinski definition) is 5. The van der Waals surface area contributed by atoms with Crippen LogP contribution in [0.4, 0.5) is 13.2 Å². The Labute approximate surface area is 203 Å². The molecule has 0 saturated heterocycles. The number of carbonyl (C=O) groups is 2. The van der Waals surface area contributed by atoms with Crippen molar-refractivity contribution in [2.75, 3.05) is 7.05 Å². The van der Waals surface area contributed by atoms with Crippen molar-refractivity contribution in [1.29, 1.82) is 0 Å². The third kappa shape index (κ3) is 5.03. The average molecular weight is 506 g/mol. The molecule has 3 aromatic rings. The molecule has 2 aromatic carbocycles. The molecule has 4 rings (SSSR count). The Morgan fingerprint density at radius 2 is 1.71 bits per heavy atom. The number of alkyl halides is 3. The summed E-state index contributed by atoms with van der Waals surface area (Å²) in [5.74, 6) is -2.22. The van der Waals surface area contributed by atoms with Gasteiger partial charge in [-0.15, -0.1) is 11.3 Å². The van der Waals surface area contributed by atoms with E-state index in [4.69, 9.17) is 4.74 Å². The van der Waals surface area contributed by atoms with E-state index in [0.717, 1.165) is 5.56 Å². The minimum atomic E-state index is -4.47. The molecular weight excluding hydrogens is 483 g/mol. The van der Waals surface area contributed by atoms with Crippen LogP contribution in [0.2, 0.25) is 0 Å². The fourth-order valence-electron chi connectivity index (χ4n) is 4.13. The molecule has 10 heteroatoms. The second-order valence-corrected chi connectivity index (χ2v) is 9.61. The van der Waals surface area contributed by atoms with E-state index in [1.807, 2.05) is 0 Å².